The van der Waals surface area contributed by atoms with Crippen LogP contribution in [0.25, 0.3) is 0 Å². The standard InChI is InChI=1S/C20H26N4O3S2/c1-24-18(11-14-9-10-29(26,27)13-14)22-23-20(24)28-12-19(25)21-17-8-4-6-15-5-2-3-7-16(15)17/h2-3,5,7,14,17H,4,6,8-13H2,1H3,(H,21,25)/t14-,17+/m1/s1. The van der Waals surface area contributed by atoms with E-state index in [0.717, 1.165) is 25.1 Å². The SMILES string of the molecule is Cn1c(C[C@H]2CCS(=O)(=O)C2)nnc1SCC(=O)N[C@H]1CCCc2ccccc21. The minimum atomic E-state index is -2.89. The molecule has 2 heterocycles. The normalized spacial score (nSPS) is 22.9. The second kappa shape index (κ2) is 8.47. The highest BCUT2D eigenvalue weighted by atomic mass is 32.2. The topological polar surface area (TPSA) is 93.9 Å². The average molecular weight is 435 g/mol. The van der Waals surface area contributed by atoms with E-state index in [4.69, 9.17) is 0 Å². The van der Waals surface area contributed by atoms with Gasteiger partial charge in [0.25, 0.3) is 0 Å². The molecule has 1 amide bonds. The van der Waals surface area contributed by atoms with Crippen LogP contribution in [-0.4, -0.2) is 46.3 Å². The van der Waals surface area contributed by atoms with Crippen LogP contribution in [0.5, 0.6) is 0 Å². The maximum Gasteiger partial charge on any atom is 0.230 e. The molecule has 0 spiro atoms. The summed E-state index contributed by atoms with van der Waals surface area (Å²) in [5.41, 5.74) is 2.55. The van der Waals surface area contributed by atoms with Crippen LogP contribution in [0, 0.1) is 5.92 Å². The molecule has 2 aromatic rings. The molecule has 0 radical (unpaired) electrons. The van der Waals surface area contributed by atoms with Gasteiger partial charge < -0.3 is 9.88 Å². The zero-order valence-corrected chi connectivity index (χ0v) is 18.1. The highest BCUT2D eigenvalue weighted by Crippen LogP contribution is 2.29. The van der Waals surface area contributed by atoms with Crippen molar-refractivity contribution in [3.05, 3.63) is 41.2 Å². The third-order valence-corrected chi connectivity index (χ3v) is 8.62. The molecule has 1 aliphatic heterocycles. The fourth-order valence-electron chi connectivity index (χ4n) is 4.21. The molecule has 156 valence electrons. The molecule has 0 saturated carbocycles. The summed E-state index contributed by atoms with van der Waals surface area (Å²) in [6, 6.07) is 8.39. The molecule has 1 aromatic carbocycles. The quantitative estimate of drug-likeness (QED) is 0.700. The van der Waals surface area contributed by atoms with E-state index in [1.807, 2.05) is 23.7 Å². The lowest BCUT2D eigenvalue weighted by molar-refractivity contribution is -0.119. The number of benzene rings is 1. The van der Waals surface area contributed by atoms with E-state index < -0.39 is 9.84 Å². The van der Waals surface area contributed by atoms with E-state index in [9.17, 15) is 13.2 Å². The van der Waals surface area contributed by atoms with Gasteiger partial charge in [0.05, 0.1) is 23.3 Å². The Kier molecular flexibility index (Phi) is 5.96. The third kappa shape index (κ3) is 4.83. The first-order valence-corrected chi connectivity index (χ1v) is 12.8. The number of sulfone groups is 1. The summed E-state index contributed by atoms with van der Waals surface area (Å²) in [7, 11) is -1.02. The van der Waals surface area contributed by atoms with Crippen LogP contribution in [0.3, 0.4) is 0 Å². The van der Waals surface area contributed by atoms with Gasteiger partial charge in [0.1, 0.15) is 5.82 Å². The Morgan fingerprint density at radius 3 is 2.90 bits per heavy atom. The Bertz CT molecular complexity index is 1000. The number of aryl methyl sites for hydroxylation is 1. The minimum absolute atomic E-state index is 0.0110. The van der Waals surface area contributed by atoms with Crippen LogP contribution in [0.15, 0.2) is 29.4 Å². The van der Waals surface area contributed by atoms with Gasteiger partial charge in [-0.2, -0.15) is 0 Å². The molecule has 29 heavy (non-hydrogen) atoms. The van der Waals surface area contributed by atoms with Gasteiger partial charge in [-0.05, 0) is 42.7 Å². The van der Waals surface area contributed by atoms with Crippen LogP contribution in [-0.2, 0) is 34.5 Å². The van der Waals surface area contributed by atoms with Crippen LogP contribution in [0.2, 0.25) is 0 Å². The maximum absolute atomic E-state index is 12.5. The van der Waals surface area contributed by atoms with Crippen molar-refractivity contribution in [2.45, 2.75) is 43.3 Å². The maximum atomic E-state index is 12.5. The van der Waals surface area contributed by atoms with Crippen LogP contribution in [0.1, 0.15) is 42.3 Å². The number of thioether (sulfide) groups is 1. The summed E-state index contributed by atoms with van der Waals surface area (Å²) in [5.74, 6) is 1.65. The van der Waals surface area contributed by atoms with Crippen LogP contribution >= 0.6 is 11.8 Å². The molecule has 1 saturated heterocycles. The molecule has 2 aliphatic rings. The monoisotopic (exact) mass is 434 g/mol. The van der Waals surface area contributed by atoms with Crippen LogP contribution < -0.4 is 5.32 Å². The molecule has 0 bridgehead atoms. The Morgan fingerprint density at radius 2 is 2.10 bits per heavy atom. The second-order valence-electron chi connectivity index (χ2n) is 7.93. The van der Waals surface area contributed by atoms with Gasteiger partial charge in [-0.15, -0.1) is 10.2 Å². The van der Waals surface area contributed by atoms with Gasteiger partial charge in [-0.25, -0.2) is 8.42 Å². The van der Waals surface area contributed by atoms with E-state index in [0.29, 0.717) is 18.0 Å². The van der Waals surface area contributed by atoms with Gasteiger partial charge in [0, 0.05) is 13.5 Å². The van der Waals surface area contributed by atoms with Gasteiger partial charge in [-0.3, -0.25) is 4.79 Å². The van der Waals surface area contributed by atoms with E-state index in [1.54, 1.807) is 0 Å². The van der Waals surface area contributed by atoms with E-state index >= 15 is 0 Å². The Morgan fingerprint density at radius 1 is 1.28 bits per heavy atom. The highest BCUT2D eigenvalue weighted by molar-refractivity contribution is 7.99. The summed E-state index contributed by atoms with van der Waals surface area (Å²) in [6.07, 6.45) is 4.41. The molecule has 7 nitrogen and oxygen atoms in total. The fraction of sp³-hybridized carbons (Fsp3) is 0.550. The first kappa shape index (κ1) is 20.4. The minimum Gasteiger partial charge on any atom is -0.349 e. The van der Waals surface area contributed by atoms with Crippen molar-refractivity contribution in [2.24, 2.45) is 13.0 Å². The summed E-state index contributed by atoms with van der Waals surface area (Å²) >= 11 is 1.36. The Labute approximate surface area is 175 Å². The Balaban J connectivity index is 1.32. The van der Waals surface area contributed by atoms with E-state index in [2.05, 4.69) is 27.6 Å². The number of carbonyl (C=O) groups is 1. The summed E-state index contributed by atoms with van der Waals surface area (Å²) < 4.78 is 25.2. The predicted molar refractivity (Wildman–Crippen MR) is 112 cm³/mol. The van der Waals surface area contributed by atoms with Crippen molar-refractivity contribution in [3.63, 3.8) is 0 Å². The largest absolute Gasteiger partial charge is 0.349 e. The number of nitrogens with one attached hydrogen (secondary N) is 1. The van der Waals surface area contributed by atoms with E-state index in [-0.39, 0.29) is 35.1 Å². The second-order valence-corrected chi connectivity index (χ2v) is 11.1. The van der Waals surface area contributed by atoms with Crippen molar-refractivity contribution in [1.82, 2.24) is 20.1 Å². The van der Waals surface area contributed by atoms with Gasteiger partial charge in [0.15, 0.2) is 15.0 Å². The van der Waals surface area contributed by atoms with Crippen molar-refractivity contribution in [2.75, 3.05) is 17.3 Å². The van der Waals surface area contributed by atoms with Gasteiger partial charge in [-0.1, -0.05) is 36.0 Å². The van der Waals surface area contributed by atoms with E-state index in [1.165, 1.54) is 22.9 Å². The number of rotatable bonds is 6. The zero-order chi connectivity index (χ0) is 20.4. The number of nitrogens with zero attached hydrogens (tertiary/aromatic N) is 3. The van der Waals surface area contributed by atoms with Gasteiger partial charge >= 0.3 is 0 Å². The first-order valence-electron chi connectivity index (χ1n) is 10.00. The molecule has 9 heteroatoms. The molecule has 1 fully saturated rings. The summed E-state index contributed by atoms with van der Waals surface area (Å²) in [6.45, 7) is 0. The number of fused-ring (bicyclic) bond motifs is 1. The smallest absolute Gasteiger partial charge is 0.230 e. The number of carbonyl (C=O) groups excluding carboxylic acids is 1. The Hall–Kier alpha value is -1.87. The number of hydrogen-bond donors (Lipinski definition) is 1. The molecule has 1 aliphatic carbocycles. The number of aromatic nitrogens is 3. The molecule has 1 N–H and O–H groups in total. The molecular weight excluding hydrogens is 408 g/mol. The van der Waals surface area contributed by atoms with Gasteiger partial charge in [0.2, 0.25) is 5.91 Å². The fourth-order valence-corrected chi connectivity index (χ4v) is 6.81. The number of hydrogen-bond acceptors (Lipinski definition) is 6. The highest BCUT2D eigenvalue weighted by Gasteiger charge is 2.29. The third-order valence-electron chi connectivity index (χ3n) is 5.76. The predicted octanol–water partition coefficient (Wildman–Crippen LogP) is 2.08. The summed E-state index contributed by atoms with van der Waals surface area (Å²) in [5, 5.41) is 12.2. The number of amides is 1. The lowest BCUT2D eigenvalue weighted by Gasteiger charge is -2.26. The lowest BCUT2D eigenvalue weighted by atomic mass is 9.88. The van der Waals surface area contributed by atoms with Crippen molar-refractivity contribution >= 4 is 27.5 Å². The molecule has 0 unspecified atom stereocenters. The summed E-state index contributed by atoms with van der Waals surface area (Å²) in [4.78, 5) is 12.5. The van der Waals surface area contributed by atoms with Crippen molar-refractivity contribution < 1.29 is 13.2 Å². The molecule has 1 aromatic heterocycles. The molecule has 2 atom stereocenters. The first-order chi connectivity index (χ1) is 13.9. The van der Waals surface area contributed by atoms with Crippen LogP contribution in [0.4, 0.5) is 0 Å². The molecule has 4 rings (SSSR count). The average Bonchev–Trinajstić information content (AvgIpc) is 3.22. The van der Waals surface area contributed by atoms with Crippen molar-refractivity contribution in [3.8, 4) is 0 Å². The zero-order valence-electron chi connectivity index (χ0n) is 16.5. The molecular formula is C20H26N4O3S2. The lowest BCUT2D eigenvalue weighted by Crippen LogP contribution is -2.32. The van der Waals surface area contributed by atoms with Crippen molar-refractivity contribution in [1.29, 1.82) is 0 Å².